The molecular weight excluding hydrogens is 352 g/mol. The summed E-state index contributed by atoms with van der Waals surface area (Å²) >= 11 is 11.7. The Kier molecular flexibility index (Phi) is 5.36. The molecule has 0 saturated heterocycles. The molecule has 0 aliphatic carbocycles. The van der Waals surface area contributed by atoms with Gasteiger partial charge in [-0.05, 0) is 43.3 Å². The highest BCUT2D eigenvalue weighted by Crippen LogP contribution is 2.21. The minimum absolute atomic E-state index is 0.457. The van der Waals surface area contributed by atoms with E-state index in [1.165, 1.54) is 5.56 Å². The molecule has 0 unspecified atom stereocenters. The SMILES string of the molecule is Cc1ccc(NC(=S)Nc2nn(Cc3ccccc3)cc2Cl)c(C)c1. The Morgan fingerprint density at radius 3 is 2.60 bits per heavy atom. The lowest BCUT2D eigenvalue weighted by atomic mass is 10.1. The van der Waals surface area contributed by atoms with Crippen LogP contribution in [0.25, 0.3) is 0 Å². The normalized spacial score (nSPS) is 10.5. The van der Waals surface area contributed by atoms with Gasteiger partial charge in [0.05, 0.1) is 6.54 Å². The van der Waals surface area contributed by atoms with E-state index in [2.05, 4.69) is 40.9 Å². The monoisotopic (exact) mass is 370 g/mol. The average Bonchev–Trinajstić information content (AvgIpc) is 2.90. The van der Waals surface area contributed by atoms with Gasteiger partial charge < -0.3 is 10.6 Å². The van der Waals surface area contributed by atoms with Crippen molar-refractivity contribution in [1.29, 1.82) is 0 Å². The van der Waals surface area contributed by atoms with Gasteiger partial charge in [0, 0.05) is 11.9 Å². The molecule has 25 heavy (non-hydrogen) atoms. The van der Waals surface area contributed by atoms with Crippen molar-refractivity contribution in [2.45, 2.75) is 20.4 Å². The average molecular weight is 371 g/mol. The van der Waals surface area contributed by atoms with Crippen LogP contribution >= 0.6 is 23.8 Å². The van der Waals surface area contributed by atoms with Crippen molar-refractivity contribution in [1.82, 2.24) is 9.78 Å². The number of rotatable bonds is 4. The summed E-state index contributed by atoms with van der Waals surface area (Å²) < 4.78 is 1.79. The van der Waals surface area contributed by atoms with Crippen molar-refractivity contribution in [3.05, 3.63) is 76.4 Å². The Hall–Kier alpha value is -2.37. The predicted octanol–water partition coefficient (Wildman–Crippen LogP) is 5.01. The highest BCUT2D eigenvalue weighted by molar-refractivity contribution is 7.80. The molecule has 0 aliphatic rings. The van der Waals surface area contributed by atoms with Crippen molar-refractivity contribution in [2.75, 3.05) is 10.6 Å². The molecule has 0 aliphatic heterocycles. The van der Waals surface area contributed by atoms with Crippen molar-refractivity contribution < 1.29 is 0 Å². The largest absolute Gasteiger partial charge is 0.332 e. The van der Waals surface area contributed by atoms with Gasteiger partial charge in [0.25, 0.3) is 0 Å². The molecule has 2 N–H and O–H groups in total. The predicted molar refractivity (Wildman–Crippen MR) is 109 cm³/mol. The molecule has 1 heterocycles. The van der Waals surface area contributed by atoms with Crippen LogP contribution in [0.4, 0.5) is 11.5 Å². The van der Waals surface area contributed by atoms with E-state index < -0.39 is 0 Å². The van der Waals surface area contributed by atoms with E-state index in [0.717, 1.165) is 16.8 Å². The van der Waals surface area contributed by atoms with Gasteiger partial charge in [-0.2, -0.15) is 5.10 Å². The smallest absolute Gasteiger partial charge is 0.176 e. The molecule has 0 bridgehead atoms. The molecular formula is C19H19ClN4S. The Morgan fingerprint density at radius 1 is 1.12 bits per heavy atom. The maximum absolute atomic E-state index is 6.28. The van der Waals surface area contributed by atoms with Crippen LogP contribution in [0.2, 0.25) is 5.02 Å². The summed E-state index contributed by atoms with van der Waals surface area (Å²) in [6.45, 7) is 4.76. The van der Waals surface area contributed by atoms with Crippen LogP contribution in [-0.4, -0.2) is 14.9 Å². The summed E-state index contributed by atoms with van der Waals surface area (Å²) in [7, 11) is 0. The molecule has 0 amide bonds. The van der Waals surface area contributed by atoms with Gasteiger partial charge in [-0.15, -0.1) is 0 Å². The molecule has 4 nitrogen and oxygen atoms in total. The second kappa shape index (κ2) is 7.68. The number of aryl methyl sites for hydroxylation is 2. The van der Waals surface area contributed by atoms with Gasteiger partial charge in [-0.25, -0.2) is 0 Å². The fourth-order valence-electron chi connectivity index (χ4n) is 2.55. The molecule has 0 spiro atoms. The third-order valence-electron chi connectivity index (χ3n) is 3.77. The van der Waals surface area contributed by atoms with Crippen LogP contribution in [0.15, 0.2) is 54.7 Å². The van der Waals surface area contributed by atoms with Gasteiger partial charge in [-0.1, -0.05) is 59.6 Å². The molecule has 0 radical (unpaired) electrons. The first kappa shape index (κ1) is 17.5. The van der Waals surface area contributed by atoms with Gasteiger partial charge >= 0.3 is 0 Å². The lowest BCUT2D eigenvalue weighted by molar-refractivity contribution is 0.690. The van der Waals surface area contributed by atoms with Crippen LogP contribution in [-0.2, 0) is 6.54 Å². The summed E-state index contributed by atoms with van der Waals surface area (Å²) in [5.41, 5.74) is 4.46. The summed E-state index contributed by atoms with van der Waals surface area (Å²) in [4.78, 5) is 0. The summed E-state index contributed by atoms with van der Waals surface area (Å²) in [5.74, 6) is 0.542. The quantitative estimate of drug-likeness (QED) is 0.633. The van der Waals surface area contributed by atoms with Crippen LogP contribution in [0.3, 0.4) is 0 Å². The number of halogens is 1. The van der Waals surface area contributed by atoms with E-state index >= 15 is 0 Å². The lowest BCUT2D eigenvalue weighted by Crippen LogP contribution is -2.20. The fourth-order valence-corrected chi connectivity index (χ4v) is 2.95. The molecule has 0 fully saturated rings. The fraction of sp³-hybridized carbons (Fsp3) is 0.158. The van der Waals surface area contributed by atoms with E-state index in [9.17, 15) is 0 Å². The van der Waals surface area contributed by atoms with E-state index in [1.807, 2.05) is 37.3 Å². The Morgan fingerprint density at radius 2 is 1.88 bits per heavy atom. The number of thiocarbonyl (C=S) groups is 1. The van der Waals surface area contributed by atoms with Crippen molar-refractivity contribution in [3.63, 3.8) is 0 Å². The molecule has 128 valence electrons. The zero-order valence-corrected chi connectivity index (χ0v) is 15.7. The molecule has 1 aromatic heterocycles. The van der Waals surface area contributed by atoms with Crippen LogP contribution < -0.4 is 10.6 Å². The lowest BCUT2D eigenvalue weighted by Gasteiger charge is -2.12. The number of hydrogen-bond donors (Lipinski definition) is 2. The number of benzene rings is 2. The second-order valence-corrected chi connectivity index (χ2v) is 6.72. The Bertz CT molecular complexity index is 890. The van der Waals surface area contributed by atoms with Crippen molar-refractivity contribution in [3.8, 4) is 0 Å². The second-order valence-electron chi connectivity index (χ2n) is 5.91. The highest BCUT2D eigenvalue weighted by atomic mass is 35.5. The first-order valence-electron chi connectivity index (χ1n) is 7.93. The van der Waals surface area contributed by atoms with Crippen LogP contribution in [0.1, 0.15) is 16.7 Å². The van der Waals surface area contributed by atoms with Gasteiger partial charge in [-0.3, -0.25) is 4.68 Å². The van der Waals surface area contributed by atoms with Gasteiger partial charge in [0.2, 0.25) is 0 Å². The molecule has 6 heteroatoms. The maximum Gasteiger partial charge on any atom is 0.176 e. The zero-order valence-electron chi connectivity index (χ0n) is 14.1. The standard InChI is InChI=1S/C19H19ClN4S/c1-13-8-9-17(14(2)10-13)21-19(25)22-18-16(20)12-24(23-18)11-15-6-4-3-5-7-15/h3-10,12H,11H2,1-2H3,(H2,21,22,23,25). The third kappa shape index (κ3) is 4.59. The van der Waals surface area contributed by atoms with E-state index in [0.29, 0.717) is 22.5 Å². The van der Waals surface area contributed by atoms with E-state index in [4.69, 9.17) is 23.8 Å². The molecule has 0 saturated carbocycles. The topological polar surface area (TPSA) is 41.9 Å². The highest BCUT2D eigenvalue weighted by Gasteiger charge is 2.10. The third-order valence-corrected chi connectivity index (χ3v) is 4.25. The van der Waals surface area contributed by atoms with E-state index in [1.54, 1.807) is 10.9 Å². The van der Waals surface area contributed by atoms with E-state index in [-0.39, 0.29) is 0 Å². The number of anilines is 2. The first-order valence-corrected chi connectivity index (χ1v) is 8.72. The molecule has 3 rings (SSSR count). The summed E-state index contributed by atoms with van der Waals surface area (Å²) in [6.07, 6.45) is 1.79. The maximum atomic E-state index is 6.28. The minimum Gasteiger partial charge on any atom is -0.332 e. The van der Waals surface area contributed by atoms with Crippen molar-refractivity contribution in [2.24, 2.45) is 0 Å². The molecule has 2 aromatic carbocycles. The Labute approximate surface area is 157 Å². The van der Waals surface area contributed by atoms with Crippen LogP contribution in [0, 0.1) is 13.8 Å². The number of nitrogens with zero attached hydrogens (tertiary/aromatic N) is 2. The van der Waals surface area contributed by atoms with Crippen molar-refractivity contribution >= 4 is 40.4 Å². The zero-order chi connectivity index (χ0) is 17.8. The summed E-state index contributed by atoms with van der Waals surface area (Å²) in [5, 5.41) is 11.7. The molecule has 0 atom stereocenters. The van der Waals surface area contributed by atoms with Gasteiger partial charge in [0.1, 0.15) is 5.02 Å². The first-order chi connectivity index (χ1) is 12.0. The van der Waals surface area contributed by atoms with Gasteiger partial charge in [0.15, 0.2) is 10.9 Å². The minimum atomic E-state index is 0.457. The number of hydrogen-bond acceptors (Lipinski definition) is 2. The number of aromatic nitrogens is 2. The molecule has 3 aromatic rings. The Balaban J connectivity index is 1.67. The summed E-state index contributed by atoms with van der Waals surface area (Å²) in [6, 6.07) is 16.2. The van der Waals surface area contributed by atoms with Crippen LogP contribution in [0.5, 0.6) is 0 Å². The number of nitrogens with one attached hydrogen (secondary N) is 2.